The zero-order valence-electron chi connectivity index (χ0n) is 14.3. The first kappa shape index (κ1) is 18.4. The minimum Gasteiger partial charge on any atom is -0.506 e. The molecule has 3 aromatic rings. The fourth-order valence-electron chi connectivity index (χ4n) is 2.58. The number of likely N-dealkylation sites (N-methyl/N-ethyl adjacent to an activating group) is 1. The van der Waals surface area contributed by atoms with E-state index in [-0.39, 0.29) is 16.5 Å². The molecule has 0 saturated heterocycles. The summed E-state index contributed by atoms with van der Waals surface area (Å²) in [6.45, 7) is 0. The fraction of sp³-hybridized carbons (Fsp3) is 0.0500. The first-order valence-corrected chi connectivity index (χ1v) is 8.36. The van der Waals surface area contributed by atoms with Crippen molar-refractivity contribution in [2.75, 3.05) is 11.9 Å². The Labute approximate surface area is 159 Å². The van der Waals surface area contributed by atoms with Crippen molar-refractivity contribution in [2.45, 2.75) is 0 Å². The highest BCUT2D eigenvalue weighted by molar-refractivity contribution is 6.31. The Balaban J connectivity index is 2.08. The van der Waals surface area contributed by atoms with Crippen molar-refractivity contribution in [3.63, 3.8) is 0 Å². The Morgan fingerprint density at radius 1 is 1.15 bits per heavy atom. The monoisotopic (exact) mass is 382 g/mol. The van der Waals surface area contributed by atoms with E-state index in [4.69, 9.17) is 11.6 Å². The van der Waals surface area contributed by atoms with Crippen molar-refractivity contribution in [1.82, 2.24) is 4.98 Å². The van der Waals surface area contributed by atoms with E-state index < -0.39 is 22.6 Å². The molecule has 1 aromatic heterocycles. The molecule has 0 spiro atoms. The minimum absolute atomic E-state index is 0.217. The smallest absolute Gasteiger partial charge is 0.296 e. The second kappa shape index (κ2) is 7.47. The molecular formula is C20H15ClN2O4. The molecule has 1 amide bonds. The first-order valence-electron chi connectivity index (χ1n) is 7.98. The van der Waals surface area contributed by atoms with Crippen LogP contribution >= 0.6 is 11.6 Å². The quantitative estimate of drug-likeness (QED) is 0.538. The molecular weight excluding hydrogens is 368 g/mol. The third-order valence-electron chi connectivity index (χ3n) is 4.06. The van der Waals surface area contributed by atoms with Crippen molar-refractivity contribution in [1.29, 1.82) is 0 Å². The summed E-state index contributed by atoms with van der Waals surface area (Å²) in [7, 11) is 1.58. The normalized spacial score (nSPS) is 11.0. The number of benzene rings is 2. The van der Waals surface area contributed by atoms with Gasteiger partial charge in [0.2, 0.25) is 0 Å². The molecule has 6 nitrogen and oxygen atoms in total. The van der Waals surface area contributed by atoms with Gasteiger partial charge in [-0.05, 0) is 36.4 Å². The largest absolute Gasteiger partial charge is 0.506 e. The highest BCUT2D eigenvalue weighted by Gasteiger charge is 2.12. The predicted octanol–water partition coefficient (Wildman–Crippen LogP) is 2.92. The molecule has 2 aromatic carbocycles. The van der Waals surface area contributed by atoms with Crippen LogP contribution in [0.25, 0.3) is 17.0 Å². The van der Waals surface area contributed by atoms with Crippen LogP contribution in [0.1, 0.15) is 5.56 Å². The van der Waals surface area contributed by atoms with Gasteiger partial charge in [0, 0.05) is 29.2 Å². The molecule has 0 saturated carbocycles. The highest BCUT2D eigenvalue weighted by Crippen LogP contribution is 2.26. The summed E-state index contributed by atoms with van der Waals surface area (Å²) in [5, 5.41) is 11.1. The van der Waals surface area contributed by atoms with E-state index in [9.17, 15) is 19.5 Å². The van der Waals surface area contributed by atoms with Crippen LogP contribution in [0, 0.1) is 0 Å². The van der Waals surface area contributed by atoms with Gasteiger partial charge in [-0.15, -0.1) is 0 Å². The average Bonchev–Trinajstić information content (AvgIpc) is 2.75. The van der Waals surface area contributed by atoms with Crippen LogP contribution in [0.4, 0.5) is 5.69 Å². The summed E-state index contributed by atoms with van der Waals surface area (Å²) in [5.74, 6) is -0.827. The molecule has 0 fully saturated rings. The number of amides is 1. The van der Waals surface area contributed by atoms with Gasteiger partial charge in [-0.25, -0.2) is 0 Å². The van der Waals surface area contributed by atoms with E-state index in [1.165, 1.54) is 23.1 Å². The van der Waals surface area contributed by atoms with Crippen molar-refractivity contribution < 1.29 is 9.90 Å². The van der Waals surface area contributed by atoms with Crippen molar-refractivity contribution >= 4 is 40.2 Å². The molecule has 0 aliphatic rings. The van der Waals surface area contributed by atoms with E-state index in [2.05, 4.69) is 4.98 Å². The summed E-state index contributed by atoms with van der Waals surface area (Å²) in [6, 6.07) is 13.4. The van der Waals surface area contributed by atoms with Crippen LogP contribution in [0.3, 0.4) is 0 Å². The number of carbonyl (C=O) groups is 1. The molecule has 2 N–H and O–H groups in total. The lowest BCUT2D eigenvalue weighted by molar-refractivity contribution is -0.113. The third-order valence-corrected chi connectivity index (χ3v) is 4.29. The topological polar surface area (TPSA) is 90.5 Å². The molecule has 1 heterocycles. The molecule has 27 heavy (non-hydrogen) atoms. The third kappa shape index (κ3) is 3.75. The number of aromatic hydroxyl groups is 1. The van der Waals surface area contributed by atoms with Gasteiger partial charge in [0.05, 0.1) is 11.1 Å². The molecule has 0 aliphatic carbocycles. The van der Waals surface area contributed by atoms with Gasteiger partial charge in [-0.2, -0.15) is 0 Å². The van der Waals surface area contributed by atoms with Gasteiger partial charge in [-0.1, -0.05) is 29.8 Å². The SMILES string of the molecule is CN(C(=O)/C=C/c1c(O)c2ccc(Cl)cc2[nH]c(=O)c1=O)c1ccccc1. The maximum absolute atomic E-state index is 12.4. The Bertz CT molecular complexity index is 1170. The van der Waals surface area contributed by atoms with Crippen molar-refractivity contribution in [2.24, 2.45) is 0 Å². The summed E-state index contributed by atoms with van der Waals surface area (Å²) >= 11 is 5.90. The predicted molar refractivity (Wildman–Crippen MR) is 106 cm³/mol. The molecule has 136 valence electrons. The lowest BCUT2D eigenvalue weighted by atomic mass is 10.1. The maximum Gasteiger partial charge on any atom is 0.296 e. The van der Waals surface area contributed by atoms with E-state index in [1.807, 2.05) is 6.07 Å². The van der Waals surface area contributed by atoms with E-state index >= 15 is 0 Å². The van der Waals surface area contributed by atoms with Gasteiger partial charge >= 0.3 is 0 Å². The summed E-state index contributed by atoms with van der Waals surface area (Å²) in [4.78, 5) is 40.5. The Morgan fingerprint density at radius 2 is 1.85 bits per heavy atom. The number of hydrogen-bond acceptors (Lipinski definition) is 4. The van der Waals surface area contributed by atoms with E-state index in [1.54, 1.807) is 31.3 Å². The van der Waals surface area contributed by atoms with E-state index in [0.717, 1.165) is 12.2 Å². The second-order valence-corrected chi connectivity index (χ2v) is 6.24. The maximum atomic E-state index is 12.4. The number of anilines is 1. The highest BCUT2D eigenvalue weighted by atomic mass is 35.5. The Kier molecular flexibility index (Phi) is 5.09. The number of nitrogens with zero attached hydrogens (tertiary/aromatic N) is 1. The molecule has 0 bridgehead atoms. The van der Waals surface area contributed by atoms with Crippen LogP contribution < -0.4 is 15.9 Å². The van der Waals surface area contributed by atoms with Crippen LogP contribution in [-0.2, 0) is 4.79 Å². The molecule has 0 atom stereocenters. The lowest BCUT2D eigenvalue weighted by Crippen LogP contribution is -2.26. The summed E-state index contributed by atoms with van der Waals surface area (Å²) in [6.07, 6.45) is 2.27. The second-order valence-electron chi connectivity index (χ2n) is 5.80. The molecule has 0 radical (unpaired) electrons. The Hall–Kier alpha value is -3.38. The van der Waals surface area contributed by atoms with Gasteiger partial charge in [0.25, 0.3) is 16.9 Å². The molecule has 0 unspecified atom stereocenters. The van der Waals surface area contributed by atoms with Crippen LogP contribution in [0.2, 0.25) is 5.02 Å². The standard InChI is InChI=1S/C20H15ClN2O4/c1-23(13-5-3-2-4-6-13)17(24)10-9-15-18(25)14-8-7-12(21)11-16(14)22-20(27)19(15)26/h2-11,25H,1H3,(H,22,26,27)/b10-9+. The number of aromatic nitrogens is 1. The zero-order chi connectivity index (χ0) is 19.6. The van der Waals surface area contributed by atoms with Crippen LogP contribution in [0.15, 0.2) is 64.2 Å². The van der Waals surface area contributed by atoms with Gasteiger partial charge in [0.1, 0.15) is 5.75 Å². The van der Waals surface area contributed by atoms with Crippen molar-refractivity contribution in [3.05, 3.63) is 85.8 Å². The summed E-state index contributed by atoms with van der Waals surface area (Å²) < 4.78 is 0. The Morgan fingerprint density at radius 3 is 2.56 bits per heavy atom. The van der Waals surface area contributed by atoms with Gasteiger partial charge in [0.15, 0.2) is 0 Å². The zero-order valence-corrected chi connectivity index (χ0v) is 15.0. The number of nitrogens with one attached hydrogen (secondary N) is 1. The fourth-order valence-corrected chi connectivity index (χ4v) is 2.75. The number of rotatable bonds is 3. The lowest BCUT2D eigenvalue weighted by Gasteiger charge is -2.14. The first-order chi connectivity index (χ1) is 12.9. The van der Waals surface area contributed by atoms with E-state index in [0.29, 0.717) is 10.7 Å². The number of aromatic amines is 1. The number of fused-ring (bicyclic) bond motifs is 1. The summed E-state index contributed by atoms with van der Waals surface area (Å²) in [5.41, 5.74) is -1.27. The number of carbonyl (C=O) groups excluding carboxylic acids is 1. The molecule has 3 rings (SSSR count). The van der Waals surface area contributed by atoms with Crippen LogP contribution in [-0.4, -0.2) is 23.0 Å². The molecule has 0 aliphatic heterocycles. The number of H-pyrrole nitrogens is 1. The minimum atomic E-state index is -0.953. The number of halogens is 1. The van der Waals surface area contributed by atoms with Crippen molar-refractivity contribution in [3.8, 4) is 5.75 Å². The van der Waals surface area contributed by atoms with Gasteiger partial charge in [-0.3, -0.25) is 14.4 Å². The van der Waals surface area contributed by atoms with Crippen LogP contribution in [0.5, 0.6) is 5.75 Å². The average molecular weight is 383 g/mol. The number of hydrogen-bond donors (Lipinski definition) is 2. The number of para-hydroxylation sites is 1. The molecule has 7 heteroatoms. The van der Waals surface area contributed by atoms with Gasteiger partial charge < -0.3 is 15.0 Å².